The van der Waals surface area contributed by atoms with E-state index in [-0.39, 0.29) is 5.60 Å². The molecule has 0 aliphatic heterocycles. The number of rotatable bonds is 7. The zero-order chi connectivity index (χ0) is 12.9. The molecule has 0 saturated heterocycles. The van der Waals surface area contributed by atoms with Crippen molar-refractivity contribution in [3.8, 4) is 0 Å². The molecule has 0 aliphatic carbocycles. The van der Waals surface area contributed by atoms with Gasteiger partial charge in [0.05, 0.1) is 12.1 Å². The van der Waals surface area contributed by atoms with Gasteiger partial charge >= 0.3 is 0 Å². The summed E-state index contributed by atoms with van der Waals surface area (Å²) < 4.78 is 7.39. The van der Waals surface area contributed by atoms with E-state index in [1.54, 1.807) is 7.11 Å². The van der Waals surface area contributed by atoms with Crippen LogP contribution >= 0.6 is 0 Å². The smallest absolute Gasteiger partial charge is 0.0637 e. The van der Waals surface area contributed by atoms with Crippen molar-refractivity contribution in [3.05, 3.63) is 18.5 Å². The SMILES string of the molecule is COC(C)(C)CC(C)NC(C)Cn1cccn1. The topological polar surface area (TPSA) is 39.1 Å². The van der Waals surface area contributed by atoms with Crippen molar-refractivity contribution in [2.45, 2.75) is 58.3 Å². The molecule has 1 N–H and O–H groups in total. The highest BCUT2D eigenvalue weighted by Gasteiger charge is 2.20. The highest BCUT2D eigenvalue weighted by Crippen LogP contribution is 2.15. The highest BCUT2D eigenvalue weighted by atomic mass is 16.5. The van der Waals surface area contributed by atoms with Gasteiger partial charge in [0.15, 0.2) is 0 Å². The Morgan fingerprint density at radius 2 is 2.06 bits per heavy atom. The van der Waals surface area contributed by atoms with Crippen LogP contribution in [0.4, 0.5) is 0 Å². The van der Waals surface area contributed by atoms with Gasteiger partial charge in [-0.05, 0) is 40.2 Å². The molecule has 2 atom stereocenters. The van der Waals surface area contributed by atoms with Gasteiger partial charge in [0.1, 0.15) is 0 Å². The number of nitrogens with zero attached hydrogens (tertiary/aromatic N) is 2. The lowest BCUT2D eigenvalue weighted by molar-refractivity contribution is 0.00768. The zero-order valence-electron chi connectivity index (χ0n) is 11.6. The Hall–Kier alpha value is -0.870. The van der Waals surface area contributed by atoms with E-state index in [0.29, 0.717) is 12.1 Å². The summed E-state index contributed by atoms with van der Waals surface area (Å²) in [5, 5.41) is 7.77. The molecule has 1 aromatic rings. The van der Waals surface area contributed by atoms with E-state index >= 15 is 0 Å². The van der Waals surface area contributed by atoms with Crippen molar-refractivity contribution in [2.24, 2.45) is 0 Å². The van der Waals surface area contributed by atoms with Gasteiger partial charge in [0.2, 0.25) is 0 Å². The second-order valence-corrected chi connectivity index (χ2v) is 5.36. The number of methoxy groups -OCH3 is 1. The summed E-state index contributed by atoms with van der Waals surface area (Å²) in [5.41, 5.74) is -0.0716. The summed E-state index contributed by atoms with van der Waals surface area (Å²) in [5.74, 6) is 0. The van der Waals surface area contributed by atoms with Gasteiger partial charge in [-0.15, -0.1) is 0 Å². The standard InChI is InChI=1S/C13H25N3O/c1-11(9-13(3,4)17-5)15-12(2)10-16-8-6-7-14-16/h6-8,11-12,15H,9-10H2,1-5H3. The first kappa shape index (κ1) is 14.2. The summed E-state index contributed by atoms with van der Waals surface area (Å²) in [6.45, 7) is 9.50. The van der Waals surface area contributed by atoms with Gasteiger partial charge in [-0.1, -0.05) is 0 Å². The first-order chi connectivity index (χ1) is 7.93. The fourth-order valence-electron chi connectivity index (χ4n) is 2.11. The molecule has 0 bridgehead atoms. The number of hydrogen-bond donors (Lipinski definition) is 1. The number of nitrogens with one attached hydrogen (secondary N) is 1. The number of ether oxygens (including phenoxy) is 1. The van der Waals surface area contributed by atoms with Crippen LogP contribution in [0.5, 0.6) is 0 Å². The lowest BCUT2D eigenvalue weighted by Crippen LogP contribution is -2.41. The lowest BCUT2D eigenvalue weighted by Gasteiger charge is -2.29. The molecule has 1 rings (SSSR count). The molecule has 0 saturated carbocycles. The predicted octanol–water partition coefficient (Wildman–Crippen LogP) is 2.06. The van der Waals surface area contributed by atoms with E-state index in [1.807, 2.05) is 23.1 Å². The fraction of sp³-hybridized carbons (Fsp3) is 0.769. The van der Waals surface area contributed by atoms with Crippen LogP contribution in [0.3, 0.4) is 0 Å². The van der Waals surface area contributed by atoms with Crippen molar-refractivity contribution in [3.63, 3.8) is 0 Å². The first-order valence-electron chi connectivity index (χ1n) is 6.21. The molecule has 0 amide bonds. The van der Waals surface area contributed by atoms with Crippen LogP contribution < -0.4 is 5.32 Å². The maximum absolute atomic E-state index is 5.44. The van der Waals surface area contributed by atoms with Gasteiger partial charge in [-0.2, -0.15) is 5.10 Å². The molecular formula is C13H25N3O. The van der Waals surface area contributed by atoms with E-state index in [9.17, 15) is 0 Å². The quantitative estimate of drug-likeness (QED) is 0.791. The Kier molecular flexibility index (Phi) is 5.15. The summed E-state index contributed by atoms with van der Waals surface area (Å²) in [6.07, 6.45) is 4.79. The Morgan fingerprint density at radius 1 is 1.35 bits per heavy atom. The van der Waals surface area contributed by atoms with Crippen LogP contribution in [0.15, 0.2) is 18.5 Å². The largest absolute Gasteiger partial charge is 0.379 e. The molecule has 1 heterocycles. The third kappa shape index (κ3) is 5.33. The van der Waals surface area contributed by atoms with Crippen molar-refractivity contribution in [1.82, 2.24) is 15.1 Å². The van der Waals surface area contributed by atoms with Crippen molar-refractivity contribution >= 4 is 0 Å². The van der Waals surface area contributed by atoms with Gasteiger partial charge in [0.25, 0.3) is 0 Å². The Balaban J connectivity index is 2.33. The molecule has 98 valence electrons. The normalized spacial score (nSPS) is 15.8. The number of hydrogen-bond acceptors (Lipinski definition) is 3. The molecule has 0 radical (unpaired) electrons. The van der Waals surface area contributed by atoms with Gasteiger partial charge in [-0.3, -0.25) is 4.68 Å². The molecule has 0 aromatic carbocycles. The second-order valence-electron chi connectivity index (χ2n) is 5.36. The molecule has 4 heteroatoms. The predicted molar refractivity (Wildman–Crippen MR) is 70.0 cm³/mol. The van der Waals surface area contributed by atoms with Crippen LogP contribution in [0.2, 0.25) is 0 Å². The maximum atomic E-state index is 5.44. The van der Waals surface area contributed by atoms with Crippen LogP contribution in [-0.4, -0.2) is 34.6 Å². The summed E-state index contributed by atoms with van der Waals surface area (Å²) >= 11 is 0. The van der Waals surface area contributed by atoms with E-state index in [4.69, 9.17) is 4.74 Å². The minimum absolute atomic E-state index is 0.0716. The van der Waals surface area contributed by atoms with Crippen LogP contribution in [0.25, 0.3) is 0 Å². The van der Waals surface area contributed by atoms with Crippen molar-refractivity contribution in [1.29, 1.82) is 0 Å². The summed E-state index contributed by atoms with van der Waals surface area (Å²) in [7, 11) is 1.76. The van der Waals surface area contributed by atoms with E-state index in [1.165, 1.54) is 0 Å². The minimum atomic E-state index is -0.0716. The molecule has 1 aromatic heterocycles. The molecule has 4 nitrogen and oxygen atoms in total. The maximum Gasteiger partial charge on any atom is 0.0637 e. The summed E-state index contributed by atoms with van der Waals surface area (Å²) in [4.78, 5) is 0. The highest BCUT2D eigenvalue weighted by molar-refractivity contribution is 4.81. The molecule has 2 unspecified atom stereocenters. The molecule has 0 aliphatic rings. The average Bonchev–Trinajstić information content (AvgIpc) is 2.69. The van der Waals surface area contributed by atoms with Crippen molar-refractivity contribution in [2.75, 3.05) is 7.11 Å². The third-order valence-electron chi connectivity index (χ3n) is 2.94. The third-order valence-corrected chi connectivity index (χ3v) is 2.94. The summed E-state index contributed by atoms with van der Waals surface area (Å²) in [6, 6.07) is 2.78. The lowest BCUT2D eigenvalue weighted by atomic mass is 9.99. The van der Waals surface area contributed by atoms with E-state index < -0.39 is 0 Å². The fourth-order valence-corrected chi connectivity index (χ4v) is 2.11. The zero-order valence-corrected chi connectivity index (χ0v) is 11.6. The van der Waals surface area contributed by atoms with Gasteiger partial charge < -0.3 is 10.1 Å². The molecule has 0 spiro atoms. The molecular weight excluding hydrogens is 214 g/mol. The van der Waals surface area contributed by atoms with E-state index in [2.05, 4.69) is 38.1 Å². The Morgan fingerprint density at radius 3 is 2.59 bits per heavy atom. The van der Waals surface area contributed by atoms with Crippen LogP contribution in [0, 0.1) is 0 Å². The molecule has 0 fully saturated rings. The van der Waals surface area contributed by atoms with E-state index in [0.717, 1.165) is 13.0 Å². The second kappa shape index (κ2) is 6.17. The number of aromatic nitrogens is 2. The Labute approximate surface area is 104 Å². The molecule has 17 heavy (non-hydrogen) atoms. The first-order valence-corrected chi connectivity index (χ1v) is 6.21. The Bertz CT molecular complexity index is 308. The van der Waals surface area contributed by atoms with Crippen LogP contribution in [0.1, 0.15) is 34.1 Å². The minimum Gasteiger partial charge on any atom is -0.379 e. The average molecular weight is 239 g/mol. The monoisotopic (exact) mass is 239 g/mol. The van der Waals surface area contributed by atoms with Gasteiger partial charge in [0, 0.05) is 31.6 Å². The van der Waals surface area contributed by atoms with Crippen LogP contribution in [-0.2, 0) is 11.3 Å². The van der Waals surface area contributed by atoms with Crippen molar-refractivity contribution < 1.29 is 4.74 Å². The van der Waals surface area contributed by atoms with Gasteiger partial charge in [-0.25, -0.2) is 0 Å².